The number of nitrogens with two attached hydrogens (primary N) is 1. The summed E-state index contributed by atoms with van der Waals surface area (Å²) in [5, 5.41) is 4.47. The SMILES string of the molecule is CCOC(=O)c1cc(-n2cc(Cl)c(C)n2)c(F)cc1N. The van der Waals surface area contributed by atoms with E-state index in [9.17, 15) is 9.18 Å². The zero-order valence-corrected chi connectivity index (χ0v) is 11.7. The summed E-state index contributed by atoms with van der Waals surface area (Å²) in [6.07, 6.45) is 1.46. The molecule has 0 radical (unpaired) electrons. The van der Waals surface area contributed by atoms with Gasteiger partial charge < -0.3 is 10.5 Å². The molecule has 0 aliphatic rings. The molecule has 0 saturated heterocycles. The average molecular weight is 298 g/mol. The number of carbonyl (C=O) groups excluding carboxylic acids is 1. The van der Waals surface area contributed by atoms with E-state index in [1.807, 2.05) is 0 Å². The molecule has 2 aromatic rings. The molecule has 0 spiro atoms. The smallest absolute Gasteiger partial charge is 0.340 e. The number of halogens is 2. The van der Waals surface area contributed by atoms with Crippen LogP contribution in [0.15, 0.2) is 18.3 Å². The quantitative estimate of drug-likeness (QED) is 0.698. The molecule has 0 amide bonds. The molecule has 1 aromatic carbocycles. The molecule has 0 saturated carbocycles. The van der Waals surface area contributed by atoms with Crippen LogP contribution in [0.1, 0.15) is 23.0 Å². The van der Waals surface area contributed by atoms with Gasteiger partial charge in [-0.25, -0.2) is 13.9 Å². The van der Waals surface area contributed by atoms with Crippen molar-refractivity contribution in [1.29, 1.82) is 0 Å². The number of anilines is 1. The summed E-state index contributed by atoms with van der Waals surface area (Å²) < 4.78 is 20.1. The molecule has 106 valence electrons. The fourth-order valence-corrected chi connectivity index (χ4v) is 1.83. The van der Waals surface area contributed by atoms with Crippen molar-refractivity contribution in [2.75, 3.05) is 12.3 Å². The third-order valence-electron chi connectivity index (χ3n) is 2.70. The normalized spacial score (nSPS) is 10.6. The van der Waals surface area contributed by atoms with Crippen LogP contribution in [0.3, 0.4) is 0 Å². The first-order valence-electron chi connectivity index (χ1n) is 5.92. The maximum atomic E-state index is 14.0. The van der Waals surface area contributed by atoms with E-state index in [0.29, 0.717) is 10.7 Å². The minimum atomic E-state index is -0.610. The van der Waals surface area contributed by atoms with Crippen LogP contribution in [-0.2, 0) is 4.74 Å². The minimum Gasteiger partial charge on any atom is -0.462 e. The summed E-state index contributed by atoms with van der Waals surface area (Å²) >= 11 is 5.89. The van der Waals surface area contributed by atoms with E-state index in [1.54, 1.807) is 13.8 Å². The van der Waals surface area contributed by atoms with Gasteiger partial charge in [-0.2, -0.15) is 5.10 Å². The lowest BCUT2D eigenvalue weighted by Gasteiger charge is -2.09. The fourth-order valence-electron chi connectivity index (χ4n) is 1.70. The number of nitrogens with zero attached hydrogens (tertiary/aromatic N) is 2. The first-order valence-corrected chi connectivity index (χ1v) is 6.30. The zero-order chi connectivity index (χ0) is 14.9. The van der Waals surface area contributed by atoms with Crippen LogP contribution in [0.5, 0.6) is 0 Å². The van der Waals surface area contributed by atoms with Gasteiger partial charge in [-0.15, -0.1) is 0 Å². The molecular formula is C13H13ClFN3O2. The summed E-state index contributed by atoms with van der Waals surface area (Å²) in [6.45, 7) is 3.58. The summed E-state index contributed by atoms with van der Waals surface area (Å²) in [5.74, 6) is -1.21. The molecule has 0 fully saturated rings. The number of hydrogen-bond acceptors (Lipinski definition) is 4. The van der Waals surface area contributed by atoms with E-state index in [1.165, 1.54) is 16.9 Å². The Labute approximate surface area is 120 Å². The lowest BCUT2D eigenvalue weighted by molar-refractivity contribution is 0.0527. The predicted molar refractivity (Wildman–Crippen MR) is 73.6 cm³/mol. The van der Waals surface area contributed by atoms with Gasteiger partial charge in [-0.1, -0.05) is 11.6 Å². The molecule has 7 heteroatoms. The number of nitrogen functional groups attached to an aromatic ring is 1. The molecule has 5 nitrogen and oxygen atoms in total. The van der Waals surface area contributed by atoms with E-state index in [4.69, 9.17) is 22.1 Å². The molecule has 0 atom stereocenters. The predicted octanol–water partition coefficient (Wildman–Crippen LogP) is 2.73. The van der Waals surface area contributed by atoms with Crippen LogP contribution < -0.4 is 5.73 Å². The Bertz CT molecular complexity index is 650. The average Bonchev–Trinajstić information content (AvgIpc) is 2.69. The Hall–Kier alpha value is -2.08. The van der Waals surface area contributed by atoms with Gasteiger partial charge in [0.2, 0.25) is 0 Å². The molecule has 0 aliphatic carbocycles. The monoisotopic (exact) mass is 297 g/mol. The van der Waals surface area contributed by atoms with Crippen molar-refractivity contribution in [1.82, 2.24) is 9.78 Å². The van der Waals surface area contributed by atoms with Crippen LogP contribution in [0.25, 0.3) is 5.69 Å². The highest BCUT2D eigenvalue weighted by Crippen LogP contribution is 2.24. The van der Waals surface area contributed by atoms with Gasteiger partial charge in [-0.3, -0.25) is 0 Å². The number of benzene rings is 1. The minimum absolute atomic E-state index is 0.0136. The van der Waals surface area contributed by atoms with Crippen molar-refractivity contribution in [3.63, 3.8) is 0 Å². The zero-order valence-electron chi connectivity index (χ0n) is 11.0. The number of aryl methyl sites for hydroxylation is 1. The van der Waals surface area contributed by atoms with Gasteiger partial charge in [0, 0.05) is 11.9 Å². The molecule has 0 unspecified atom stereocenters. The fraction of sp³-hybridized carbons (Fsp3) is 0.231. The number of carbonyl (C=O) groups is 1. The van der Waals surface area contributed by atoms with Gasteiger partial charge in [0.25, 0.3) is 0 Å². The number of aromatic nitrogens is 2. The third kappa shape index (κ3) is 2.60. The van der Waals surface area contributed by atoms with Crippen LogP contribution in [-0.4, -0.2) is 22.4 Å². The van der Waals surface area contributed by atoms with Gasteiger partial charge in [0.15, 0.2) is 5.82 Å². The van der Waals surface area contributed by atoms with Gasteiger partial charge in [0.1, 0.15) is 5.69 Å². The second kappa shape index (κ2) is 5.50. The van der Waals surface area contributed by atoms with E-state index in [-0.39, 0.29) is 23.5 Å². The van der Waals surface area contributed by atoms with E-state index >= 15 is 0 Å². The first kappa shape index (κ1) is 14.3. The Kier molecular flexibility index (Phi) is 3.94. The van der Waals surface area contributed by atoms with Crippen molar-refractivity contribution in [3.05, 3.63) is 40.4 Å². The molecule has 2 rings (SSSR count). The number of ether oxygens (including phenoxy) is 1. The van der Waals surface area contributed by atoms with Crippen molar-refractivity contribution < 1.29 is 13.9 Å². The van der Waals surface area contributed by atoms with Crippen LogP contribution in [0.2, 0.25) is 5.02 Å². The first-order chi connectivity index (χ1) is 9.43. The highest BCUT2D eigenvalue weighted by atomic mass is 35.5. The van der Waals surface area contributed by atoms with Gasteiger partial charge >= 0.3 is 5.97 Å². The second-order valence-electron chi connectivity index (χ2n) is 4.12. The highest BCUT2D eigenvalue weighted by Gasteiger charge is 2.17. The summed E-state index contributed by atoms with van der Waals surface area (Å²) in [7, 11) is 0. The van der Waals surface area contributed by atoms with E-state index < -0.39 is 11.8 Å². The Morgan fingerprint density at radius 3 is 2.80 bits per heavy atom. The number of hydrogen-bond donors (Lipinski definition) is 1. The van der Waals surface area contributed by atoms with Crippen LogP contribution in [0, 0.1) is 12.7 Å². The second-order valence-corrected chi connectivity index (χ2v) is 4.53. The number of rotatable bonds is 3. The molecular weight excluding hydrogens is 285 g/mol. The summed E-state index contributed by atoms with van der Waals surface area (Å²) in [6, 6.07) is 2.36. The Balaban J connectivity index is 2.53. The Morgan fingerprint density at radius 2 is 2.25 bits per heavy atom. The molecule has 20 heavy (non-hydrogen) atoms. The van der Waals surface area contributed by atoms with Crippen molar-refractivity contribution in [2.24, 2.45) is 0 Å². The molecule has 0 aliphatic heterocycles. The van der Waals surface area contributed by atoms with E-state index in [0.717, 1.165) is 6.07 Å². The van der Waals surface area contributed by atoms with Gasteiger partial charge in [-0.05, 0) is 26.0 Å². The topological polar surface area (TPSA) is 70.1 Å². The van der Waals surface area contributed by atoms with Crippen molar-refractivity contribution in [2.45, 2.75) is 13.8 Å². The molecule has 2 N–H and O–H groups in total. The summed E-state index contributed by atoms with van der Waals surface area (Å²) in [5.41, 5.74) is 6.38. The Morgan fingerprint density at radius 1 is 1.55 bits per heavy atom. The molecule has 1 aromatic heterocycles. The van der Waals surface area contributed by atoms with Crippen LogP contribution >= 0.6 is 11.6 Å². The van der Waals surface area contributed by atoms with Crippen LogP contribution in [0.4, 0.5) is 10.1 Å². The maximum Gasteiger partial charge on any atom is 0.340 e. The lowest BCUT2D eigenvalue weighted by Crippen LogP contribution is -2.10. The molecule has 1 heterocycles. The maximum absolute atomic E-state index is 14.0. The van der Waals surface area contributed by atoms with Gasteiger partial charge in [0.05, 0.1) is 22.9 Å². The third-order valence-corrected chi connectivity index (χ3v) is 3.07. The lowest BCUT2D eigenvalue weighted by atomic mass is 10.1. The largest absolute Gasteiger partial charge is 0.462 e. The standard InChI is InChI=1S/C13H13ClFN3O2/c1-3-20-13(19)8-4-12(10(15)5-11(8)16)18-6-9(14)7(2)17-18/h4-6H,3,16H2,1-2H3. The van der Waals surface area contributed by atoms with Crippen molar-refractivity contribution in [3.8, 4) is 5.69 Å². The molecule has 0 bridgehead atoms. The van der Waals surface area contributed by atoms with Crippen molar-refractivity contribution >= 4 is 23.3 Å². The highest BCUT2D eigenvalue weighted by molar-refractivity contribution is 6.31. The van der Waals surface area contributed by atoms with E-state index in [2.05, 4.69) is 5.10 Å². The number of esters is 1. The summed E-state index contributed by atoms with van der Waals surface area (Å²) in [4.78, 5) is 11.8.